The Morgan fingerprint density at radius 3 is 2.07 bits per heavy atom. The zero-order valence-electron chi connectivity index (χ0n) is 29.2. The van der Waals surface area contributed by atoms with Gasteiger partial charge >= 0.3 is 20.1 Å². The van der Waals surface area contributed by atoms with Crippen molar-refractivity contribution in [1.82, 2.24) is 5.32 Å². The standard InChI is InChI=1S/C40H40NO12P/c1-2-20-47-40(44)52-37-35(41-39(43)48-24-33-31-18-10-8-16-29(31)30-17-9-11-19-32(30)33)38(42)51-34(25-46-21-26-12-4-3-5-13-26)36(37)53-54(45)49-22-27-14-6-7-15-28(27)23-50-54/h2-19,33-38,42H,1,20-25H2,(H,41,43)/t34-,35-,36-,37-,38?/m1/s1. The lowest BCUT2D eigenvalue weighted by atomic mass is 9.97. The number of aliphatic hydroxyl groups excluding tert-OH is 1. The summed E-state index contributed by atoms with van der Waals surface area (Å²) in [6, 6.07) is 30.8. The van der Waals surface area contributed by atoms with Crippen molar-refractivity contribution in [2.45, 2.75) is 56.4 Å². The van der Waals surface area contributed by atoms with Crippen LogP contribution >= 0.6 is 7.82 Å². The Bertz CT molecular complexity index is 1920. The number of carbonyl (C=O) groups excluding carboxylic acids is 2. The fourth-order valence-corrected chi connectivity index (χ4v) is 8.12. The van der Waals surface area contributed by atoms with E-state index in [0.29, 0.717) is 0 Å². The number of rotatable bonds is 12. The predicted octanol–water partition coefficient (Wildman–Crippen LogP) is 6.78. The lowest BCUT2D eigenvalue weighted by Crippen LogP contribution is -2.66. The van der Waals surface area contributed by atoms with Gasteiger partial charge < -0.3 is 34.1 Å². The minimum atomic E-state index is -4.42. The van der Waals surface area contributed by atoms with Crippen LogP contribution in [0.25, 0.3) is 11.1 Å². The first kappa shape index (κ1) is 37.5. The van der Waals surface area contributed by atoms with Crippen LogP contribution in [0.2, 0.25) is 0 Å². The highest BCUT2D eigenvalue weighted by Gasteiger charge is 2.53. The SMILES string of the molecule is C=CCOC(=O)O[C@H]1[C@H](OP2(=O)OCc3ccccc3CO2)[C@@H](COCc2ccccc2)OC(O)[C@@H]1NC(=O)OCC1c2ccccc2-c2ccccc21. The maximum atomic E-state index is 14.2. The highest BCUT2D eigenvalue weighted by Crippen LogP contribution is 2.55. The Hall–Kier alpha value is -4.85. The monoisotopic (exact) mass is 757 g/mol. The van der Waals surface area contributed by atoms with Crippen molar-refractivity contribution in [2.75, 3.05) is 19.8 Å². The predicted molar refractivity (Wildman–Crippen MR) is 194 cm³/mol. The van der Waals surface area contributed by atoms with E-state index in [4.69, 9.17) is 37.3 Å². The molecule has 1 unspecified atom stereocenters. The fraction of sp³-hybridized carbons (Fsp3) is 0.300. The lowest BCUT2D eigenvalue weighted by Gasteiger charge is -2.44. The van der Waals surface area contributed by atoms with Crippen LogP contribution in [-0.4, -0.2) is 67.8 Å². The van der Waals surface area contributed by atoms with Crippen LogP contribution < -0.4 is 5.32 Å². The van der Waals surface area contributed by atoms with Crippen LogP contribution in [0, 0.1) is 0 Å². The summed E-state index contributed by atoms with van der Waals surface area (Å²) in [6.07, 6.45) is -6.87. The Balaban J connectivity index is 1.13. The Morgan fingerprint density at radius 1 is 0.815 bits per heavy atom. The van der Waals surface area contributed by atoms with Gasteiger partial charge in [-0.05, 0) is 38.9 Å². The molecule has 1 saturated heterocycles. The molecule has 4 aromatic carbocycles. The van der Waals surface area contributed by atoms with Gasteiger partial charge in [0.2, 0.25) is 0 Å². The third-order valence-corrected chi connectivity index (χ3v) is 10.8. The summed E-state index contributed by atoms with van der Waals surface area (Å²) < 4.78 is 60.1. The molecule has 0 aromatic heterocycles. The van der Waals surface area contributed by atoms with E-state index in [1.165, 1.54) is 6.08 Å². The average molecular weight is 758 g/mol. The van der Waals surface area contributed by atoms with Crippen molar-refractivity contribution >= 4 is 20.1 Å². The number of nitrogens with one attached hydrogen (secondary N) is 1. The molecule has 3 aliphatic rings. The molecule has 54 heavy (non-hydrogen) atoms. The Morgan fingerprint density at radius 2 is 1.43 bits per heavy atom. The Kier molecular flexibility index (Phi) is 11.9. The summed E-state index contributed by atoms with van der Waals surface area (Å²) in [5.41, 5.74) is 6.43. The number of phosphoric acid groups is 1. The normalized spacial score (nSPS) is 22.8. The van der Waals surface area contributed by atoms with Gasteiger partial charge in [0.25, 0.3) is 0 Å². The maximum absolute atomic E-state index is 14.2. The molecule has 14 heteroatoms. The smallest absolute Gasteiger partial charge is 0.449 e. The molecule has 4 aromatic rings. The second-order valence-electron chi connectivity index (χ2n) is 12.8. The minimum absolute atomic E-state index is 0.0379. The molecular formula is C40H40NO12P. The molecule has 0 radical (unpaired) electrons. The first-order chi connectivity index (χ1) is 26.3. The van der Waals surface area contributed by atoms with E-state index in [0.717, 1.165) is 38.9 Å². The molecule has 13 nitrogen and oxygen atoms in total. The van der Waals surface area contributed by atoms with E-state index >= 15 is 0 Å². The molecule has 0 saturated carbocycles. The number of hydrogen-bond donors (Lipinski definition) is 2. The summed E-state index contributed by atoms with van der Waals surface area (Å²) in [5, 5.41) is 14.0. The summed E-state index contributed by atoms with van der Waals surface area (Å²) >= 11 is 0. The first-order valence-electron chi connectivity index (χ1n) is 17.5. The molecule has 282 valence electrons. The van der Waals surface area contributed by atoms with Gasteiger partial charge in [-0.1, -0.05) is 116 Å². The number of phosphoric ester groups is 1. The van der Waals surface area contributed by atoms with Gasteiger partial charge in [0.05, 0.1) is 26.4 Å². The van der Waals surface area contributed by atoms with Crippen molar-refractivity contribution in [1.29, 1.82) is 0 Å². The van der Waals surface area contributed by atoms with Crippen molar-refractivity contribution in [3.8, 4) is 11.1 Å². The Labute approximate surface area is 312 Å². The fourth-order valence-electron chi connectivity index (χ4n) is 6.77. The number of ether oxygens (including phenoxy) is 5. The van der Waals surface area contributed by atoms with Gasteiger partial charge in [0.15, 0.2) is 12.4 Å². The van der Waals surface area contributed by atoms with Gasteiger partial charge in [-0.25, -0.2) is 14.2 Å². The van der Waals surface area contributed by atoms with Crippen molar-refractivity contribution in [3.05, 3.63) is 144 Å². The second-order valence-corrected chi connectivity index (χ2v) is 14.4. The minimum Gasteiger partial charge on any atom is -0.449 e. The van der Waals surface area contributed by atoms with E-state index < -0.39 is 50.7 Å². The van der Waals surface area contributed by atoms with Crippen LogP contribution in [0.5, 0.6) is 0 Å². The zero-order valence-corrected chi connectivity index (χ0v) is 30.1. The number of aliphatic hydroxyl groups is 1. The highest BCUT2D eigenvalue weighted by atomic mass is 31.2. The van der Waals surface area contributed by atoms with Crippen molar-refractivity contribution in [2.24, 2.45) is 0 Å². The van der Waals surface area contributed by atoms with E-state index in [2.05, 4.69) is 11.9 Å². The first-order valence-corrected chi connectivity index (χ1v) is 18.9. The molecule has 2 N–H and O–H groups in total. The molecule has 2 heterocycles. The molecule has 5 atom stereocenters. The lowest BCUT2D eigenvalue weighted by molar-refractivity contribution is -0.255. The number of alkyl carbamates (subject to hydrolysis) is 1. The van der Waals surface area contributed by atoms with Crippen LogP contribution in [0.4, 0.5) is 9.59 Å². The topological polar surface area (TPSA) is 157 Å². The largest absolute Gasteiger partial charge is 0.509 e. The van der Waals surface area contributed by atoms with Gasteiger partial charge in [-0.2, -0.15) is 0 Å². The van der Waals surface area contributed by atoms with Gasteiger partial charge in [0, 0.05) is 5.92 Å². The molecule has 1 amide bonds. The van der Waals surface area contributed by atoms with Crippen molar-refractivity contribution in [3.63, 3.8) is 0 Å². The summed E-state index contributed by atoms with van der Waals surface area (Å²) in [4.78, 5) is 26.5. The third kappa shape index (κ3) is 8.59. The number of carbonyl (C=O) groups is 2. The number of amides is 1. The van der Waals surface area contributed by atoms with Crippen LogP contribution in [0.3, 0.4) is 0 Å². The maximum Gasteiger partial charge on any atom is 0.509 e. The molecule has 2 aliphatic heterocycles. The summed E-state index contributed by atoms with van der Waals surface area (Å²) in [5.74, 6) is -0.252. The summed E-state index contributed by atoms with van der Waals surface area (Å²) in [6.45, 7) is 3.03. The highest BCUT2D eigenvalue weighted by molar-refractivity contribution is 7.48. The third-order valence-electron chi connectivity index (χ3n) is 9.36. The van der Waals surface area contributed by atoms with Gasteiger partial charge in [-0.3, -0.25) is 13.6 Å². The number of hydrogen-bond acceptors (Lipinski definition) is 12. The quantitative estimate of drug-likeness (QED) is 0.0889. The van der Waals surface area contributed by atoms with Gasteiger partial charge in [-0.15, -0.1) is 0 Å². The van der Waals surface area contributed by atoms with Crippen LogP contribution in [0.15, 0.2) is 116 Å². The van der Waals surface area contributed by atoms with E-state index in [1.54, 1.807) is 0 Å². The van der Waals surface area contributed by atoms with Gasteiger partial charge in [0.1, 0.15) is 31.5 Å². The van der Waals surface area contributed by atoms with Crippen LogP contribution in [-0.2, 0) is 61.6 Å². The number of fused-ring (bicyclic) bond motifs is 4. The molecule has 1 fully saturated rings. The van der Waals surface area contributed by atoms with E-state index in [-0.39, 0.29) is 45.6 Å². The second kappa shape index (κ2) is 17.1. The van der Waals surface area contributed by atoms with E-state index in [1.807, 2.05) is 103 Å². The molecular weight excluding hydrogens is 717 g/mol. The average Bonchev–Trinajstić information content (AvgIpc) is 3.41. The van der Waals surface area contributed by atoms with Crippen LogP contribution in [0.1, 0.15) is 33.7 Å². The number of benzene rings is 4. The molecule has 0 spiro atoms. The molecule has 7 rings (SSSR count). The van der Waals surface area contributed by atoms with E-state index in [9.17, 15) is 19.3 Å². The summed E-state index contributed by atoms with van der Waals surface area (Å²) in [7, 11) is -4.42. The van der Waals surface area contributed by atoms with Crippen molar-refractivity contribution < 1.29 is 56.5 Å². The zero-order chi connectivity index (χ0) is 37.5. The molecule has 0 bridgehead atoms. The molecule has 1 aliphatic carbocycles.